The molecule has 0 saturated heterocycles. The Kier molecular flexibility index (Phi) is 3.98. The van der Waals surface area contributed by atoms with Gasteiger partial charge in [-0.15, -0.1) is 11.3 Å². The Bertz CT molecular complexity index is 737. The maximum absolute atomic E-state index is 5.44. The molecule has 1 nitrogen and oxygen atoms in total. The fraction of sp³-hybridized carbons (Fsp3) is 0.263. The van der Waals surface area contributed by atoms with Gasteiger partial charge in [-0.1, -0.05) is 31.2 Å². The minimum absolute atomic E-state index is 0.993. The first-order valence-corrected chi connectivity index (χ1v) is 8.16. The van der Waals surface area contributed by atoms with Gasteiger partial charge >= 0.3 is 0 Å². The number of hydrogen-bond acceptors (Lipinski definition) is 2. The number of thiophene rings is 1. The van der Waals surface area contributed by atoms with Gasteiger partial charge in [0.15, 0.2) is 0 Å². The second-order valence-corrected chi connectivity index (χ2v) is 6.54. The Labute approximate surface area is 130 Å². The van der Waals surface area contributed by atoms with E-state index in [4.69, 9.17) is 4.74 Å². The molecule has 0 aliphatic rings. The van der Waals surface area contributed by atoms with E-state index in [1.807, 2.05) is 11.3 Å². The molecule has 0 N–H and O–H groups in total. The predicted octanol–water partition coefficient (Wildman–Crippen LogP) is 5.37. The van der Waals surface area contributed by atoms with Crippen LogP contribution in [-0.4, -0.2) is 7.11 Å². The van der Waals surface area contributed by atoms with E-state index in [0.29, 0.717) is 0 Å². The smallest absolute Gasteiger partial charge is 0.122 e. The van der Waals surface area contributed by atoms with E-state index in [-0.39, 0.29) is 0 Å². The molecule has 21 heavy (non-hydrogen) atoms. The highest BCUT2D eigenvalue weighted by Gasteiger charge is 2.09. The number of hydrogen-bond donors (Lipinski definition) is 0. The number of rotatable bonds is 4. The van der Waals surface area contributed by atoms with E-state index in [9.17, 15) is 0 Å². The van der Waals surface area contributed by atoms with E-state index in [2.05, 4.69) is 56.3 Å². The molecule has 0 aliphatic heterocycles. The molecule has 108 valence electrons. The van der Waals surface area contributed by atoms with Crippen LogP contribution < -0.4 is 4.74 Å². The Morgan fingerprint density at radius 1 is 1.05 bits per heavy atom. The molecule has 0 saturated carbocycles. The number of ether oxygens (including phenoxy) is 1. The molecule has 0 amide bonds. The zero-order valence-electron chi connectivity index (χ0n) is 12.8. The van der Waals surface area contributed by atoms with Crippen LogP contribution in [0.4, 0.5) is 0 Å². The van der Waals surface area contributed by atoms with Gasteiger partial charge < -0.3 is 4.74 Å². The highest BCUT2D eigenvalue weighted by atomic mass is 32.1. The zero-order valence-corrected chi connectivity index (χ0v) is 13.6. The highest BCUT2D eigenvalue weighted by molar-refractivity contribution is 7.19. The third-order valence-electron chi connectivity index (χ3n) is 3.94. The predicted molar refractivity (Wildman–Crippen MR) is 91.7 cm³/mol. The molecule has 2 heteroatoms. The summed E-state index contributed by atoms with van der Waals surface area (Å²) >= 11 is 1.90. The summed E-state index contributed by atoms with van der Waals surface area (Å²) in [7, 11) is 1.74. The van der Waals surface area contributed by atoms with Crippen LogP contribution in [-0.2, 0) is 12.8 Å². The average molecular weight is 296 g/mol. The van der Waals surface area contributed by atoms with E-state index >= 15 is 0 Å². The van der Waals surface area contributed by atoms with Crippen LogP contribution in [0.2, 0.25) is 0 Å². The summed E-state index contributed by atoms with van der Waals surface area (Å²) in [5, 5.41) is 1.35. The molecule has 1 heterocycles. The van der Waals surface area contributed by atoms with Gasteiger partial charge in [0.1, 0.15) is 5.75 Å². The van der Waals surface area contributed by atoms with Gasteiger partial charge in [0.25, 0.3) is 0 Å². The Morgan fingerprint density at radius 2 is 1.86 bits per heavy atom. The summed E-state index contributed by atoms with van der Waals surface area (Å²) < 4.78 is 6.81. The molecule has 0 atom stereocenters. The lowest BCUT2D eigenvalue weighted by atomic mass is 9.98. The van der Waals surface area contributed by atoms with Crippen molar-refractivity contribution in [3.8, 4) is 5.75 Å². The molecule has 1 aromatic heterocycles. The van der Waals surface area contributed by atoms with Gasteiger partial charge in [0.2, 0.25) is 0 Å². The number of methoxy groups -OCH3 is 1. The van der Waals surface area contributed by atoms with Gasteiger partial charge in [-0.05, 0) is 53.6 Å². The molecule has 0 bridgehead atoms. The van der Waals surface area contributed by atoms with E-state index in [1.165, 1.54) is 31.7 Å². The Balaban J connectivity index is 1.98. The van der Waals surface area contributed by atoms with Crippen molar-refractivity contribution in [1.29, 1.82) is 0 Å². The number of benzene rings is 2. The van der Waals surface area contributed by atoms with Crippen molar-refractivity contribution >= 4 is 21.4 Å². The molecule has 0 spiro atoms. The van der Waals surface area contributed by atoms with Crippen molar-refractivity contribution in [3.63, 3.8) is 0 Å². The van der Waals surface area contributed by atoms with Crippen molar-refractivity contribution < 1.29 is 4.74 Å². The summed E-state index contributed by atoms with van der Waals surface area (Å²) in [4.78, 5) is 1.43. The van der Waals surface area contributed by atoms with Crippen LogP contribution in [0.3, 0.4) is 0 Å². The molecule has 0 radical (unpaired) electrons. The van der Waals surface area contributed by atoms with Crippen LogP contribution in [0.15, 0.2) is 42.5 Å². The van der Waals surface area contributed by atoms with Crippen molar-refractivity contribution in [2.75, 3.05) is 7.11 Å². The standard InChI is InChI=1S/C19H20OS/c1-4-14-12-18(20-3)13(2)9-16(14)11-17-10-15-7-5-6-8-19(15)21-17/h5-10,12H,4,11H2,1-3H3. The maximum Gasteiger partial charge on any atom is 0.122 e. The molecule has 2 aromatic carbocycles. The highest BCUT2D eigenvalue weighted by Crippen LogP contribution is 2.30. The van der Waals surface area contributed by atoms with Crippen LogP contribution in [0.25, 0.3) is 10.1 Å². The SMILES string of the molecule is CCc1cc(OC)c(C)cc1Cc1cc2ccccc2s1. The topological polar surface area (TPSA) is 9.23 Å². The molecule has 0 unspecified atom stereocenters. The fourth-order valence-electron chi connectivity index (χ4n) is 2.82. The first-order chi connectivity index (χ1) is 10.2. The summed E-state index contributed by atoms with van der Waals surface area (Å²) in [5.74, 6) is 0.993. The summed E-state index contributed by atoms with van der Waals surface area (Å²) in [6, 6.07) is 15.4. The first-order valence-electron chi connectivity index (χ1n) is 7.35. The van der Waals surface area contributed by atoms with Crippen molar-refractivity contribution in [3.05, 3.63) is 64.0 Å². The number of aryl methyl sites for hydroxylation is 2. The second kappa shape index (κ2) is 5.90. The summed E-state index contributed by atoms with van der Waals surface area (Å²) in [6.07, 6.45) is 2.05. The van der Waals surface area contributed by atoms with Crippen molar-refractivity contribution in [2.45, 2.75) is 26.7 Å². The molecule has 0 aliphatic carbocycles. The lowest BCUT2D eigenvalue weighted by molar-refractivity contribution is 0.411. The summed E-state index contributed by atoms with van der Waals surface area (Å²) in [5.41, 5.74) is 4.02. The lowest BCUT2D eigenvalue weighted by Crippen LogP contribution is -1.97. The van der Waals surface area contributed by atoms with E-state index in [0.717, 1.165) is 18.6 Å². The van der Waals surface area contributed by atoms with Crippen LogP contribution >= 0.6 is 11.3 Å². The van der Waals surface area contributed by atoms with Gasteiger partial charge in [0, 0.05) is 16.0 Å². The third kappa shape index (κ3) is 2.81. The average Bonchev–Trinajstić information content (AvgIpc) is 2.89. The fourth-order valence-corrected chi connectivity index (χ4v) is 3.90. The molecular weight excluding hydrogens is 276 g/mol. The van der Waals surface area contributed by atoms with Gasteiger partial charge in [-0.3, -0.25) is 0 Å². The molecular formula is C19H20OS. The molecule has 0 fully saturated rings. The second-order valence-electron chi connectivity index (χ2n) is 5.37. The van der Waals surface area contributed by atoms with Gasteiger partial charge in [-0.2, -0.15) is 0 Å². The van der Waals surface area contributed by atoms with Crippen molar-refractivity contribution in [1.82, 2.24) is 0 Å². The normalized spacial score (nSPS) is 11.0. The van der Waals surface area contributed by atoms with E-state index in [1.54, 1.807) is 7.11 Å². The summed E-state index contributed by atoms with van der Waals surface area (Å²) in [6.45, 7) is 4.32. The third-order valence-corrected chi connectivity index (χ3v) is 5.06. The van der Waals surface area contributed by atoms with E-state index < -0.39 is 0 Å². The van der Waals surface area contributed by atoms with Crippen LogP contribution in [0, 0.1) is 6.92 Å². The van der Waals surface area contributed by atoms with Crippen molar-refractivity contribution in [2.24, 2.45) is 0 Å². The zero-order chi connectivity index (χ0) is 14.8. The maximum atomic E-state index is 5.44. The number of fused-ring (bicyclic) bond motifs is 1. The first kappa shape index (κ1) is 14.2. The Hall–Kier alpha value is -1.80. The van der Waals surface area contributed by atoms with Crippen LogP contribution in [0.1, 0.15) is 28.5 Å². The monoisotopic (exact) mass is 296 g/mol. The minimum Gasteiger partial charge on any atom is -0.496 e. The lowest BCUT2D eigenvalue weighted by Gasteiger charge is -2.12. The molecule has 3 rings (SSSR count). The largest absolute Gasteiger partial charge is 0.496 e. The Morgan fingerprint density at radius 3 is 2.57 bits per heavy atom. The minimum atomic E-state index is 0.993. The van der Waals surface area contributed by atoms with Crippen LogP contribution in [0.5, 0.6) is 5.75 Å². The quantitative estimate of drug-likeness (QED) is 0.629. The molecule has 3 aromatic rings. The van der Waals surface area contributed by atoms with Gasteiger partial charge in [-0.25, -0.2) is 0 Å². The van der Waals surface area contributed by atoms with Gasteiger partial charge in [0.05, 0.1) is 7.11 Å².